The van der Waals surface area contributed by atoms with E-state index >= 15 is 0 Å². The van der Waals surface area contributed by atoms with E-state index in [1.165, 1.54) is 7.11 Å². The van der Waals surface area contributed by atoms with Crippen molar-refractivity contribution >= 4 is 23.2 Å². The summed E-state index contributed by atoms with van der Waals surface area (Å²) in [6.07, 6.45) is 0. The van der Waals surface area contributed by atoms with Crippen LogP contribution in [-0.4, -0.2) is 18.7 Å². The fourth-order valence-electron chi connectivity index (χ4n) is 2.58. The maximum Gasteiger partial charge on any atom is 0.179 e. The Kier molecular flexibility index (Phi) is 3.07. The van der Waals surface area contributed by atoms with Gasteiger partial charge < -0.3 is 4.74 Å². The molecular weight excluding hydrogens is 276 g/mol. The fraction of sp³-hybridized carbons (Fsp3) is 0.125. The summed E-state index contributed by atoms with van der Waals surface area (Å²) in [7, 11) is 1.49. The molecule has 100 valence electrons. The summed E-state index contributed by atoms with van der Waals surface area (Å²) in [6, 6.07) is 11.9. The number of carbonyl (C=O) groups excluding carboxylic acids is 2. The Morgan fingerprint density at radius 1 is 0.950 bits per heavy atom. The number of hydrogen-bond acceptors (Lipinski definition) is 3. The van der Waals surface area contributed by atoms with Gasteiger partial charge in [-0.1, -0.05) is 41.9 Å². The maximum atomic E-state index is 12.5. The van der Waals surface area contributed by atoms with Crippen LogP contribution in [0, 0.1) is 0 Å². The Balaban J connectivity index is 2.19. The first-order valence-electron chi connectivity index (χ1n) is 6.15. The van der Waals surface area contributed by atoms with E-state index in [0.717, 1.165) is 0 Å². The van der Waals surface area contributed by atoms with Gasteiger partial charge in [0.25, 0.3) is 0 Å². The highest BCUT2D eigenvalue weighted by Gasteiger charge is 2.41. The molecule has 0 N–H and O–H groups in total. The third-order valence-electron chi connectivity index (χ3n) is 3.50. The van der Waals surface area contributed by atoms with Gasteiger partial charge in [-0.3, -0.25) is 9.59 Å². The molecule has 3 nitrogen and oxygen atoms in total. The molecule has 1 aliphatic carbocycles. The van der Waals surface area contributed by atoms with Gasteiger partial charge in [0, 0.05) is 21.7 Å². The lowest BCUT2D eigenvalue weighted by molar-refractivity contribution is 0.0888. The number of hydrogen-bond donors (Lipinski definition) is 0. The molecule has 0 heterocycles. The molecule has 0 bridgehead atoms. The Labute approximate surface area is 121 Å². The minimum Gasteiger partial charge on any atom is -0.496 e. The molecule has 4 heteroatoms. The van der Waals surface area contributed by atoms with Crippen LogP contribution in [0.15, 0.2) is 42.5 Å². The molecule has 2 aromatic rings. The van der Waals surface area contributed by atoms with E-state index in [-0.39, 0.29) is 11.6 Å². The molecule has 0 unspecified atom stereocenters. The predicted molar refractivity (Wildman–Crippen MR) is 75.8 cm³/mol. The van der Waals surface area contributed by atoms with Crippen molar-refractivity contribution in [3.05, 3.63) is 64.2 Å². The molecule has 0 fully saturated rings. The van der Waals surface area contributed by atoms with Crippen LogP contribution in [0.3, 0.4) is 0 Å². The van der Waals surface area contributed by atoms with Crippen LogP contribution >= 0.6 is 11.6 Å². The third kappa shape index (κ3) is 1.74. The fourth-order valence-corrected chi connectivity index (χ4v) is 2.86. The number of rotatable bonds is 2. The van der Waals surface area contributed by atoms with E-state index in [1.807, 2.05) is 0 Å². The van der Waals surface area contributed by atoms with Crippen LogP contribution < -0.4 is 4.74 Å². The third-order valence-corrected chi connectivity index (χ3v) is 3.83. The Morgan fingerprint density at radius 3 is 2.10 bits per heavy atom. The molecule has 0 aromatic heterocycles. The van der Waals surface area contributed by atoms with Crippen molar-refractivity contribution in [2.45, 2.75) is 5.92 Å². The molecule has 0 radical (unpaired) electrons. The number of ether oxygens (including phenoxy) is 1. The van der Waals surface area contributed by atoms with Crippen molar-refractivity contribution < 1.29 is 14.3 Å². The van der Waals surface area contributed by atoms with Gasteiger partial charge in [0.1, 0.15) is 11.7 Å². The number of ketones is 2. The topological polar surface area (TPSA) is 43.4 Å². The zero-order valence-corrected chi connectivity index (χ0v) is 11.5. The highest BCUT2D eigenvalue weighted by molar-refractivity contribution is 6.35. The Bertz CT molecular complexity index is 686. The van der Waals surface area contributed by atoms with E-state index in [9.17, 15) is 9.59 Å². The predicted octanol–water partition coefficient (Wildman–Crippen LogP) is 3.51. The van der Waals surface area contributed by atoms with Crippen LogP contribution in [0.25, 0.3) is 0 Å². The van der Waals surface area contributed by atoms with Gasteiger partial charge in [0.2, 0.25) is 0 Å². The van der Waals surface area contributed by atoms with Gasteiger partial charge >= 0.3 is 0 Å². The van der Waals surface area contributed by atoms with E-state index in [4.69, 9.17) is 16.3 Å². The van der Waals surface area contributed by atoms with Gasteiger partial charge in [-0.15, -0.1) is 0 Å². The molecule has 1 aliphatic rings. The highest BCUT2D eigenvalue weighted by Crippen LogP contribution is 2.41. The molecule has 2 aromatic carbocycles. The van der Waals surface area contributed by atoms with Gasteiger partial charge in [0.15, 0.2) is 11.6 Å². The van der Waals surface area contributed by atoms with Gasteiger partial charge in [0.05, 0.1) is 7.11 Å². The van der Waals surface area contributed by atoms with Crippen molar-refractivity contribution in [2.24, 2.45) is 0 Å². The SMILES string of the molecule is COc1cccc(Cl)c1C1C(=O)c2ccccc2C1=O. The second-order valence-electron chi connectivity index (χ2n) is 4.56. The van der Waals surface area contributed by atoms with Crippen LogP contribution in [0.2, 0.25) is 5.02 Å². The number of carbonyl (C=O) groups is 2. The van der Waals surface area contributed by atoms with Crippen molar-refractivity contribution in [3.63, 3.8) is 0 Å². The summed E-state index contributed by atoms with van der Waals surface area (Å²) in [5.41, 5.74) is 1.34. The van der Waals surface area contributed by atoms with Gasteiger partial charge in [-0.25, -0.2) is 0 Å². The monoisotopic (exact) mass is 286 g/mol. The van der Waals surface area contributed by atoms with E-state index < -0.39 is 5.92 Å². The normalized spacial score (nSPS) is 14.5. The first kappa shape index (κ1) is 12.9. The first-order valence-corrected chi connectivity index (χ1v) is 6.52. The summed E-state index contributed by atoms with van der Waals surface area (Å²) < 4.78 is 5.25. The van der Waals surface area contributed by atoms with Crippen molar-refractivity contribution in [1.82, 2.24) is 0 Å². The average molecular weight is 287 g/mol. The van der Waals surface area contributed by atoms with E-state index in [2.05, 4.69) is 0 Å². The minimum atomic E-state index is -0.906. The summed E-state index contributed by atoms with van der Waals surface area (Å²) in [5.74, 6) is -0.901. The molecule has 0 aliphatic heterocycles. The lowest BCUT2D eigenvalue weighted by atomic mass is 9.93. The summed E-state index contributed by atoms with van der Waals surface area (Å²) >= 11 is 6.18. The standard InChI is InChI=1S/C16H11ClO3/c1-20-12-8-4-7-11(17)13(12)14-15(18)9-5-2-3-6-10(9)16(14)19/h2-8,14H,1H3. The average Bonchev–Trinajstić information content (AvgIpc) is 2.72. The van der Waals surface area contributed by atoms with Crippen molar-refractivity contribution in [2.75, 3.05) is 7.11 Å². The smallest absolute Gasteiger partial charge is 0.179 e. The summed E-state index contributed by atoms with van der Waals surface area (Å²) in [6.45, 7) is 0. The number of Topliss-reactive ketones (excluding diaryl/α,β-unsaturated/α-hetero) is 2. The number of halogens is 1. The minimum absolute atomic E-state index is 0.225. The lowest BCUT2D eigenvalue weighted by Crippen LogP contribution is -2.14. The van der Waals surface area contributed by atoms with Gasteiger partial charge in [-0.2, -0.15) is 0 Å². The zero-order valence-electron chi connectivity index (χ0n) is 10.7. The second-order valence-corrected chi connectivity index (χ2v) is 4.97. The lowest BCUT2D eigenvalue weighted by Gasteiger charge is -2.14. The summed E-state index contributed by atoms with van der Waals surface area (Å²) in [4.78, 5) is 25.0. The quantitative estimate of drug-likeness (QED) is 0.794. The molecular formula is C16H11ClO3. The molecule has 0 atom stereocenters. The highest BCUT2D eigenvalue weighted by atomic mass is 35.5. The number of benzene rings is 2. The molecule has 20 heavy (non-hydrogen) atoms. The van der Waals surface area contributed by atoms with Crippen LogP contribution in [0.1, 0.15) is 32.2 Å². The number of methoxy groups -OCH3 is 1. The van der Waals surface area contributed by atoms with Crippen LogP contribution in [-0.2, 0) is 0 Å². The van der Waals surface area contributed by atoms with Gasteiger partial charge in [-0.05, 0) is 12.1 Å². The molecule has 0 saturated carbocycles. The zero-order chi connectivity index (χ0) is 14.3. The second kappa shape index (κ2) is 4.76. The Morgan fingerprint density at radius 2 is 1.55 bits per heavy atom. The first-order chi connectivity index (χ1) is 9.65. The number of fused-ring (bicyclic) bond motifs is 1. The van der Waals surface area contributed by atoms with E-state index in [1.54, 1.807) is 42.5 Å². The summed E-state index contributed by atoms with van der Waals surface area (Å²) in [5, 5.41) is 0.365. The largest absolute Gasteiger partial charge is 0.496 e. The van der Waals surface area contributed by atoms with Crippen molar-refractivity contribution in [1.29, 1.82) is 0 Å². The van der Waals surface area contributed by atoms with Crippen LogP contribution in [0.5, 0.6) is 5.75 Å². The van der Waals surface area contributed by atoms with Crippen molar-refractivity contribution in [3.8, 4) is 5.75 Å². The molecule has 0 saturated heterocycles. The molecule has 0 spiro atoms. The maximum absolute atomic E-state index is 12.5. The van der Waals surface area contributed by atoms with E-state index in [0.29, 0.717) is 27.5 Å². The molecule has 3 rings (SSSR count). The molecule has 0 amide bonds. The van der Waals surface area contributed by atoms with Crippen LogP contribution in [0.4, 0.5) is 0 Å². The Hall–Kier alpha value is -2.13.